The van der Waals surface area contributed by atoms with Gasteiger partial charge < -0.3 is 14.3 Å². The van der Waals surface area contributed by atoms with Crippen molar-refractivity contribution in [3.63, 3.8) is 0 Å². The lowest BCUT2D eigenvalue weighted by Gasteiger charge is -2.19. The number of hydrogen-bond donors (Lipinski definition) is 2. The molecule has 0 atom stereocenters. The van der Waals surface area contributed by atoms with Crippen LogP contribution in [-0.4, -0.2) is 27.8 Å². The normalized spacial score (nSPS) is 11.3. The number of carbonyl (C=O) groups is 2. The first-order valence-electron chi connectivity index (χ1n) is 5.89. The SMILES string of the molecule is CC(C)(C)OC(=O)Nc1c(C(=O)O)oc2ncccc12. The first-order chi connectivity index (χ1) is 9.28. The molecule has 0 saturated heterocycles. The molecule has 2 heterocycles. The highest BCUT2D eigenvalue weighted by Crippen LogP contribution is 2.29. The lowest BCUT2D eigenvalue weighted by molar-refractivity contribution is 0.0635. The smallest absolute Gasteiger partial charge is 0.412 e. The molecule has 0 unspecified atom stereocenters. The minimum absolute atomic E-state index is 0.0369. The van der Waals surface area contributed by atoms with Crippen molar-refractivity contribution in [1.82, 2.24) is 4.98 Å². The maximum Gasteiger partial charge on any atom is 0.412 e. The van der Waals surface area contributed by atoms with Gasteiger partial charge >= 0.3 is 12.1 Å². The first kappa shape index (κ1) is 13.9. The second kappa shape index (κ2) is 4.84. The van der Waals surface area contributed by atoms with Gasteiger partial charge in [0.05, 0.1) is 5.39 Å². The van der Waals surface area contributed by atoms with Crippen molar-refractivity contribution in [3.8, 4) is 0 Å². The van der Waals surface area contributed by atoms with Crippen LogP contribution < -0.4 is 5.32 Å². The van der Waals surface area contributed by atoms with E-state index in [1.165, 1.54) is 6.20 Å². The van der Waals surface area contributed by atoms with E-state index in [2.05, 4.69) is 10.3 Å². The van der Waals surface area contributed by atoms with Gasteiger partial charge in [0.25, 0.3) is 0 Å². The Morgan fingerprint density at radius 1 is 1.40 bits per heavy atom. The largest absolute Gasteiger partial charge is 0.475 e. The van der Waals surface area contributed by atoms with Crippen LogP contribution >= 0.6 is 0 Å². The number of nitrogens with zero attached hydrogens (tertiary/aromatic N) is 1. The van der Waals surface area contributed by atoms with Gasteiger partial charge in [-0.1, -0.05) is 0 Å². The Balaban J connectivity index is 2.39. The topological polar surface area (TPSA) is 102 Å². The summed E-state index contributed by atoms with van der Waals surface area (Å²) in [5.74, 6) is -1.68. The second-order valence-electron chi connectivity index (χ2n) is 5.09. The van der Waals surface area contributed by atoms with Crippen LogP contribution in [0.2, 0.25) is 0 Å². The van der Waals surface area contributed by atoms with Crippen molar-refractivity contribution in [2.45, 2.75) is 26.4 Å². The molecule has 1 amide bonds. The monoisotopic (exact) mass is 278 g/mol. The number of furan rings is 1. The van der Waals surface area contributed by atoms with Crippen molar-refractivity contribution in [2.24, 2.45) is 0 Å². The third-order valence-corrected chi connectivity index (χ3v) is 2.29. The van der Waals surface area contributed by atoms with Crippen molar-refractivity contribution < 1.29 is 23.8 Å². The Labute approximate surface area is 114 Å². The average molecular weight is 278 g/mol. The molecular weight excluding hydrogens is 264 g/mol. The summed E-state index contributed by atoms with van der Waals surface area (Å²) < 4.78 is 10.2. The first-order valence-corrected chi connectivity index (χ1v) is 5.89. The van der Waals surface area contributed by atoms with Crippen molar-refractivity contribution in [1.29, 1.82) is 0 Å². The number of anilines is 1. The summed E-state index contributed by atoms with van der Waals surface area (Å²) in [4.78, 5) is 26.8. The molecule has 0 aliphatic rings. The number of carboxylic acid groups (broad SMARTS) is 1. The maximum atomic E-state index is 11.8. The molecule has 2 aromatic rings. The molecule has 0 aliphatic heterocycles. The van der Waals surface area contributed by atoms with Crippen molar-refractivity contribution >= 4 is 28.8 Å². The fourth-order valence-electron chi connectivity index (χ4n) is 1.61. The van der Waals surface area contributed by atoms with Crippen LogP contribution in [0.4, 0.5) is 10.5 Å². The number of ether oxygens (including phenoxy) is 1. The van der Waals surface area contributed by atoms with E-state index in [9.17, 15) is 9.59 Å². The number of hydrogen-bond acceptors (Lipinski definition) is 5. The van der Waals surface area contributed by atoms with E-state index < -0.39 is 17.7 Å². The van der Waals surface area contributed by atoms with Crippen molar-refractivity contribution in [3.05, 3.63) is 24.1 Å². The number of amides is 1. The number of aromatic carboxylic acids is 1. The number of aromatic nitrogens is 1. The Hall–Kier alpha value is -2.57. The van der Waals surface area contributed by atoms with Gasteiger partial charge in [0, 0.05) is 6.20 Å². The summed E-state index contributed by atoms with van der Waals surface area (Å²) in [6.07, 6.45) is 0.709. The average Bonchev–Trinajstić information content (AvgIpc) is 2.66. The van der Waals surface area contributed by atoms with E-state index in [4.69, 9.17) is 14.3 Å². The van der Waals surface area contributed by atoms with E-state index >= 15 is 0 Å². The molecule has 0 bridgehead atoms. The minimum Gasteiger partial charge on any atom is -0.475 e. The molecule has 0 spiro atoms. The summed E-state index contributed by atoms with van der Waals surface area (Å²) in [5.41, 5.74) is -0.517. The highest BCUT2D eigenvalue weighted by atomic mass is 16.6. The van der Waals surface area contributed by atoms with Crippen LogP contribution in [0, 0.1) is 0 Å². The van der Waals surface area contributed by atoms with Crippen LogP contribution in [0.15, 0.2) is 22.7 Å². The number of nitrogens with one attached hydrogen (secondary N) is 1. The Morgan fingerprint density at radius 2 is 2.10 bits per heavy atom. The van der Waals surface area contributed by atoms with Gasteiger partial charge in [0.1, 0.15) is 11.3 Å². The molecule has 2 N–H and O–H groups in total. The molecule has 2 rings (SSSR count). The van der Waals surface area contributed by atoms with Crippen LogP contribution in [0.5, 0.6) is 0 Å². The maximum absolute atomic E-state index is 11.8. The van der Waals surface area contributed by atoms with Crippen molar-refractivity contribution in [2.75, 3.05) is 5.32 Å². The predicted molar refractivity (Wildman–Crippen MR) is 70.8 cm³/mol. The molecule has 0 saturated carbocycles. The third-order valence-electron chi connectivity index (χ3n) is 2.29. The zero-order chi connectivity index (χ0) is 14.9. The molecule has 106 valence electrons. The van der Waals surface area contributed by atoms with Crippen LogP contribution in [0.3, 0.4) is 0 Å². The lowest BCUT2D eigenvalue weighted by Crippen LogP contribution is -2.27. The Bertz CT molecular complexity index is 669. The molecule has 2 aromatic heterocycles. The molecule has 0 fully saturated rings. The predicted octanol–water partition coefficient (Wildman–Crippen LogP) is 2.87. The van der Waals surface area contributed by atoms with Crippen LogP contribution in [0.1, 0.15) is 31.3 Å². The molecule has 0 aromatic carbocycles. The summed E-state index contributed by atoms with van der Waals surface area (Å²) in [6, 6.07) is 3.22. The highest BCUT2D eigenvalue weighted by Gasteiger charge is 2.24. The van der Waals surface area contributed by atoms with Gasteiger partial charge in [-0.3, -0.25) is 5.32 Å². The number of fused-ring (bicyclic) bond motifs is 1. The molecule has 7 heteroatoms. The molecule has 7 nitrogen and oxygen atoms in total. The van der Waals surface area contributed by atoms with E-state index in [1.807, 2.05) is 0 Å². The fourth-order valence-corrected chi connectivity index (χ4v) is 1.61. The zero-order valence-electron chi connectivity index (χ0n) is 11.3. The summed E-state index contributed by atoms with van der Waals surface area (Å²) >= 11 is 0. The van der Waals surface area contributed by atoms with Gasteiger partial charge in [-0.05, 0) is 32.9 Å². The van der Waals surface area contributed by atoms with Gasteiger partial charge in [0.2, 0.25) is 11.5 Å². The Morgan fingerprint density at radius 3 is 2.70 bits per heavy atom. The number of rotatable bonds is 2. The number of pyridine rings is 1. The highest BCUT2D eigenvalue weighted by molar-refractivity contribution is 6.07. The van der Waals surface area contributed by atoms with Gasteiger partial charge in [-0.15, -0.1) is 0 Å². The van der Waals surface area contributed by atoms with E-state index in [-0.39, 0.29) is 17.2 Å². The van der Waals surface area contributed by atoms with E-state index in [0.29, 0.717) is 5.39 Å². The minimum atomic E-state index is -1.30. The molecule has 0 radical (unpaired) electrons. The quantitative estimate of drug-likeness (QED) is 0.875. The van der Waals surface area contributed by atoms with Gasteiger partial charge in [-0.2, -0.15) is 0 Å². The third kappa shape index (κ3) is 2.87. The summed E-state index contributed by atoms with van der Waals surface area (Å²) in [5, 5.41) is 11.9. The van der Waals surface area contributed by atoms with Gasteiger partial charge in [0.15, 0.2) is 0 Å². The second-order valence-corrected chi connectivity index (χ2v) is 5.09. The molecular formula is C13H14N2O5. The standard InChI is InChI=1S/C13H14N2O5/c1-13(2,3)20-12(18)15-8-7-5-4-6-14-10(7)19-9(8)11(16)17/h4-6H,1-3H3,(H,15,18)(H,16,17). The van der Waals surface area contributed by atoms with Gasteiger partial charge in [-0.25, -0.2) is 14.6 Å². The summed E-state index contributed by atoms with van der Waals surface area (Å²) in [6.45, 7) is 5.12. The summed E-state index contributed by atoms with van der Waals surface area (Å²) in [7, 11) is 0. The van der Waals surface area contributed by atoms with Crippen LogP contribution in [-0.2, 0) is 4.74 Å². The molecule has 0 aliphatic carbocycles. The van der Waals surface area contributed by atoms with Crippen LogP contribution in [0.25, 0.3) is 11.1 Å². The fraction of sp³-hybridized carbons (Fsp3) is 0.308. The van der Waals surface area contributed by atoms with E-state index in [1.54, 1.807) is 32.9 Å². The number of carbonyl (C=O) groups excluding carboxylic acids is 1. The Kier molecular flexibility index (Phi) is 3.35. The molecule has 20 heavy (non-hydrogen) atoms. The lowest BCUT2D eigenvalue weighted by atomic mass is 10.2. The van der Waals surface area contributed by atoms with E-state index in [0.717, 1.165) is 0 Å². The number of carboxylic acids is 1. The zero-order valence-corrected chi connectivity index (χ0v) is 11.3.